The second-order valence-electron chi connectivity index (χ2n) is 20.4. The van der Waals surface area contributed by atoms with Gasteiger partial charge in [-0.2, -0.15) is 0 Å². The Morgan fingerprint density at radius 2 is 0.714 bits per heavy atom. The quantitative estimate of drug-likeness (QED) is 0.151. The Morgan fingerprint density at radius 1 is 0.260 bits per heavy atom. The Kier molecular flexibility index (Phi) is 9.72. The zero-order chi connectivity index (χ0) is 50.6. The topological polar surface area (TPSA) is 19.6 Å². The number of thiophene rings is 1. The van der Waals surface area contributed by atoms with Gasteiger partial charge in [0.15, 0.2) is 0 Å². The number of nitrogens with zero attached hydrogens (tertiary/aromatic N) is 2. The molecule has 0 atom stereocenters. The zero-order valence-electron chi connectivity index (χ0n) is 41.8. The van der Waals surface area contributed by atoms with Crippen LogP contribution in [0.2, 0.25) is 0 Å². The van der Waals surface area contributed by atoms with Crippen LogP contribution < -0.4 is 9.80 Å². The fourth-order valence-electron chi connectivity index (χ4n) is 12.9. The molecule has 0 saturated carbocycles. The van der Waals surface area contributed by atoms with E-state index in [4.69, 9.17) is 4.42 Å². The molecule has 0 N–H and O–H groups in total. The van der Waals surface area contributed by atoms with E-state index >= 15 is 0 Å². The Bertz CT molecular complexity index is 4560. The third kappa shape index (κ3) is 6.69. The van der Waals surface area contributed by atoms with Crippen LogP contribution in [0.5, 0.6) is 0 Å². The standard InChI is InChI=1S/C73H46N2OS/c1-3-16-51(17-4-1)74(52-18-5-2-6-19-52)54-20-15-21-55(45-54)75(53-35-30-47(31-36-53)48-34-41-72-64(44-48)60-25-10-14-29-71(60)77-72)56-37-39-68-62(46-56)61-42-49(50-33-40-70-63(43-50)59-24-9-13-28-69(59)76-70)32-38-67(61)73(68)65-26-11-7-22-57(65)58-23-8-12-27-66(58)73/h1-46H. The molecule has 1 spiro atoms. The number of anilines is 6. The molecule has 2 aromatic heterocycles. The number of furan rings is 1. The Hall–Kier alpha value is -9.74. The number of benzene rings is 12. The number of hydrogen-bond donors (Lipinski definition) is 0. The van der Waals surface area contributed by atoms with Gasteiger partial charge in [0.1, 0.15) is 11.2 Å². The van der Waals surface area contributed by atoms with Gasteiger partial charge >= 0.3 is 0 Å². The highest BCUT2D eigenvalue weighted by Crippen LogP contribution is 2.64. The summed E-state index contributed by atoms with van der Waals surface area (Å²) in [5.74, 6) is 0. The first kappa shape index (κ1) is 43.6. The molecule has 2 heterocycles. The third-order valence-electron chi connectivity index (χ3n) is 16.3. The van der Waals surface area contributed by atoms with E-state index in [-0.39, 0.29) is 0 Å². The molecule has 0 saturated heterocycles. The molecule has 0 fully saturated rings. The normalized spacial score (nSPS) is 12.8. The first-order valence-electron chi connectivity index (χ1n) is 26.4. The lowest BCUT2D eigenvalue weighted by atomic mass is 9.70. The summed E-state index contributed by atoms with van der Waals surface area (Å²) < 4.78 is 8.94. The molecule has 4 heteroatoms. The van der Waals surface area contributed by atoms with E-state index in [9.17, 15) is 0 Å². The molecular formula is C73H46N2OS. The van der Waals surface area contributed by atoms with Crippen molar-refractivity contribution in [2.24, 2.45) is 0 Å². The van der Waals surface area contributed by atoms with Crippen LogP contribution >= 0.6 is 11.3 Å². The maximum atomic E-state index is 6.32. The number of rotatable bonds is 8. The SMILES string of the molecule is c1ccc(N(c2ccccc2)c2cccc(N(c3ccc(-c4ccc5sc6ccccc6c5c4)cc3)c3ccc4c(c3)-c3cc(-c5ccc6oc7ccccc7c6c5)ccc3C43c4ccccc4-c4ccccc43)c2)cc1. The molecule has 2 aliphatic rings. The summed E-state index contributed by atoms with van der Waals surface area (Å²) in [6.07, 6.45) is 0. The second-order valence-corrected chi connectivity index (χ2v) is 21.4. The van der Waals surface area contributed by atoms with Crippen LogP contribution in [0.15, 0.2) is 283 Å². The van der Waals surface area contributed by atoms with E-state index in [1.807, 2.05) is 17.4 Å². The van der Waals surface area contributed by atoms with Gasteiger partial charge in [-0.1, -0.05) is 170 Å². The molecule has 12 aromatic carbocycles. The van der Waals surface area contributed by atoms with Gasteiger partial charge in [-0.05, 0) is 176 Å². The minimum absolute atomic E-state index is 0.507. The summed E-state index contributed by atoms with van der Waals surface area (Å²) in [5.41, 5.74) is 22.7. The molecule has 0 unspecified atom stereocenters. The number of hydrogen-bond acceptors (Lipinski definition) is 4. The molecule has 0 bridgehead atoms. The van der Waals surface area contributed by atoms with Crippen molar-refractivity contribution in [1.29, 1.82) is 0 Å². The van der Waals surface area contributed by atoms with E-state index in [1.54, 1.807) is 0 Å². The van der Waals surface area contributed by atoms with E-state index in [0.29, 0.717) is 0 Å². The Morgan fingerprint density at radius 3 is 1.45 bits per heavy atom. The largest absolute Gasteiger partial charge is 0.456 e. The van der Waals surface area contributed by atoms with E-state index < -0.39 is 5.41 Å². The Balaban J connectivity index is 0.902. The monoisotopic (exact) mass is 998 g/mol. The van der Waals surface area contributed by atoms with Crippen LogP contribution in [0.1, 0.15) is 22.3 Å². The van der Waals surface area contributed by atoms with Crippen LogP contribution in [0.25, 0.3) is 86.6 Å². The molecular weight excluding hydrogens is 953 g/mol. The number of para-hydroxylation sites is 3. The fraction of sp³-hybridized carbons (Fsp3) is 0.0137. The van der Waals surface area contributed by atoms with E-state index in [1.165, 1.54) is 81.4 Å². The van der Waals surface area contributed by atoms with Crippen LogP contribution in [-0.2, 0) is 5.41 Å². The molecule has 0 aliphatic heterocycles. The van der Waals surface area contributed by atoms with Gasteiger partial charge in [-0.3, -0.25) is 0 Å². The molecule has 16 rings (SSSR count). The minimum atomic E-state index is -0.507. The minimum Gasteiger partial charge on any atom is -0.456 e. The van der Waals surface area contributed by atoms with Crippen molar-refractivity contribution in [2.45, 2.75) is 5.41 Å². The fourth-order valence-corrected chi connectivity index (χ4v) is 14.0. The van der Waals surface area contributed by atoms with Crippen LogP contribution in [0, 0.1) is 0 Å². The van der Waals surface area contributed by atoms with E-state index in [2.05, 4.69) is 283 Å². The molecule has 2 aliphatic carbocycles. The summed E-state index contributed by atoms with van der Waals surface area (Å²) in [7, 11) is 0. The van der Waals surface area contributed by atoms with Crippen LogP contribution in [0.3, 0.4) is 0 Å². The highest BCUT2D eigenvalue weighted by Gasteiger charge is 2.51. The second kappa shape index (κ2) is 17.2. The third-order valence-corrected chi connectivity index (χ3v) is 17.4. The predicted octanol–water partition coefficient (Wildman–Crippen LogP) is 20.6. The lowest BCUT2D eigenvalue weighted by Gasteiger charge is -2.31. The maximum Gasteiger partial charge on any atom is 0.135 e. The van der Waals surface area contributed by atoms with Gasteiger partial charge in [0, 0.05) is 65.1 Å². The average molecular weight is 999 g/mol. The van der Waals surface area contributed by atoms with Crippen molar-refractivity contribution in [3.05, 3.63) is 301 Å². The highest BCUT2D eigenvalue weighted by atomic mass is 32.1. The summed E-state index contributed by atoms with van der Waals surface area (Å²) in [4.78, 5) is 4.79. The molecule has 3 nitrogen and oxygen atoms in total. The lowest BCUT2D eigenvalue weighted by molar-refractivity contribution is 0.669. The number of fused-ring (bicyclic) bond motifs is 16. The van der Waals surface area contributed by atoms with Gasteiger partial charge in [0.05, 0.1) is 5.41 Å². The van der Waals surface area contributed by atoms with Crippen LogP contribution in [-0.4, -0.2) is 0 Å². The van der Waals surface area contributed by atoms with Gasteiger partial charge in [0.25, 0.3) is 0 Å². The summed E-state index contributed by atoms with van der Waals surface area (Å²) in [6, 6.07) is 103. The highest BCUT2D eigenvalue weighted by molar-refractivity contribution is 7.25. The zero-order valence-corrected chi connectivity index (χ0v) is 42.6. The molecule has 0 radical (unpaired) electrons. The predicted molar refractivity (Wildman–Crippen MR) is 323 cm³/mol. The Labute approximate surface area is 450 Å². The molecule has 0 amide bonds. The van der Waals surface area contributed by atoms with Gasteiger partial charge in [-0.25, -0.2) is 0 Å². The van der Waals surface area contributed by atoms with E-state index in [0.717, 1.165) is 61.6 Å². The smallest absolute Gasteiger partial charge is 0.135 e. The first-order valence-corrected chi connectivity index (χ1v) is 27.2. The maximum absolute atomic E-state index is 6.32. The van der Waals surface area contributed by atoms with Crippen LogP contribution in [0.4, 0.5) is 34.1 Å². The van der Waals surface area contributed by atoms with Crippen molar-refractivity contribution in [3.63, 3.8) is 0 Å². The average Bonchev–Trinajstić information content (AvgIpc) is 4.04. The summed E-state index contributed by atoms with van der Waals surface area (Å²) in [5, 5.41) is 4.86. The first-order chi connectivity index (χ1) is 38.2. The molecule has 14 aromatic rings. The molecule has 360 valence electrons. The van der Waals surface area contributed by atoms with Gasteiger partial charge in [0.2, 0.25) is 0 Å². The van der Waals surface area contributed by atoms with Crippen molar-refractivity contribution in [2.75, 3.05) is 9.80 Å². The lowest BCUT2D eigenvalue weighted by Crippen LogP contribution is -2.25. The van der Waals surface area contributed by atoms with Crippen molar-refractivity contribution in [1.82, 2.24) is 0 Å². The van der Waals surface area contributed by atoms with Crippen molar-refractivity contribution in [3.8, 4) is 44.5 Å². The van der Waals surface area contributed by atoms with Gasteiger partial charge < -0.3 is 14.2 Å². The van der Waals surface area contributed by atoms with Crippen molar-refractivity contribution < 1.29 is 4.42 Å². The van der Waals surface area contributed by atoms with Gasteiger partial charge in [-0.15, -0.1) is 11.3 Å². The van der Waals surface area contributed by atoms with Crippen molar-refractivity contribution >= 4 is 87.6 Å². The molecule has 77 heavy (non-hydrogen) atoms. The summed E-state index contributed by atoms with van der Waals surface area (Å²) >= 11 is 1.86. The summed E-state index contributed by atoms with van der Waals surface area (Å²) in [6.45, 7) is 0.